The van der Waals surface area contributed by atoms with Crippen LogP contribution in [0.1, 0.15) is 12.8 Å². The Kier molecular flexibility index (Phi) is 5.43. The molecule has 0 atom stereocenters. The van der Waals surface area contributed by atoms with Crippen molar-refractivity contribution in [3.63, 3.8) is 0 Å². The van der Waals surface area contributed by atoms with Gasteiger partial charge >= 0.3 is 0 Å². The van der Waals surface area contributed by atoms with Crippen LogP contribution in [-0.4, -0.2) is 57.4 Å². The van der Waals surface area contributed by atoms with Crippen LogP contribution in [0.5, 0.6) is 0 Å². The molecule has 0 aliphatic carbocycles. The SMILES string of the molecule is O=S(=O)(c1ccc(F)cc1)N1CCC2(CC1)OCCN2S(=O)(=O)c1ccc(F)cc1. The Morgan fingerprint density at radius 2 is 1.20 bits per heavy atom. The third-order valence-corrected chi connectivity index (χ3v) is 9.35. The second-order valence-corrected chi connectivity index (χ2v) is 11.0. The highest BCUT2D eigenvalue weighted by Crippen LogP contribution is 2.39. The van der Waals surface area contributed by atoms with Crippen LogP contribution in [0, 0.1) is 11.6 Å². The first-order valence-corrected chi connectivity index (χ1v) is 12.2. The average Bonchev–Trinajstić information content (AvgIpc) is 3.13. The molecule has 2 fully saturated rings. The summed E-state index contributed by atoms with van der Waals surface area (Å²) in [5.74, 6) is -1.08. The minimum atomic E-state index is -3.94. The first-order valence-electron chi connectivity index (χ1n) is 9.33. The molecule has 30 heavy (non-hydrogen) atoms. The van der Waals surface area contributed by atoms with Gasteiger partial charge in [0.05, 0.1) is 16.4 Å². The van der Waals surface area contributed by atoms with Crippen LogP contribution in [-0.2, 0) is 24.8 Å². The summed E-state index contributed by atoms with van der Waals surface area (Å²) in [5, 5.41) is 0. The van der Waals surface area contributed by atoms with E-state index in [9.17, 15) is 25.6 Å². The molecule has 0 N–H and O–H groups in total. The lowest BCUT2D eigenvalue weighted by molar-refractivity contribution is -0.0806. The van der Waals surface area contributed by atoms with E-state index in [0.29, 0.717) is 0 Å². The molecule has 2 aromatic rings. The van der Waals surface area contributed by atoms with Crippen molar-refractivity contribution in [3.8, 4) is 0 Å². The smallest absolute Gasteiger partial charge is 0.245 e. The molecule has 0 bridgehead atoms. The molecule has 2 heterocycles. The van der Waals surface area contributed by atoms with Crippen molar-refractivity contribution < 1.29 is 30.4 Å². The molecule has 0 radical (unpaired) electrons. The lowest BCUT2D eigenvalue weighted by Gasteiger charge is -2.42. The normalized spacial score (nSPS) is 20.6. The molecule has 2 saturated heterocycles. The van der Waals surface area contributed by atoms with E-state index >= 15 is 0 Å². The van der Waals surface area contributed by atoms with Gasteiger partial charge in [-0.3, -0.25) is 0 Å². The van der Waals surface area contributed by atoms with Gasteiger partial charge in [0.1, 0.15) is 17.4 Å². The van der Waals surface area contributed by atoms with Crippen LogP contribution < -0.4 is 0 Å². The molecular weight excluding hydrogens is 438 g/mol. The largest absolute Gasteiger partial charge is 0.358 e. The maximum atomic E-state index is 13.2. The number of hydrogen-bond acceptors (Lipinski definition) is 5. The molecular formula is C19H20F2N2O5S2. The highest BCUT2D eigenvalue weighted by Gasteiger charge is 2.51. The summed E-state index contributed by atoms with van der Waals surface area (Å²) in [5.41, 5.74) is -1.15. The summed E-state index contributed by atoms with van der Waals surface area (Å²) >= 11 is 0. The zero-order valence-electron chi connectivity index (χ0n) is 15.9. The fraction of sp³-hybridized carbons (Fsp3) is 0.368. The van der Waals surface area contributed by atoms with Crippen LogP contribution in [0.3, 0.4) is 0 Å². The number of ether oxygens (including phenoxy) is 1. The Morgan fingerprint density at radius 3 is 1.70 bits per heavy atom. The Balaban J connectivity index is 1.55. The molecule has 2 aromatic carbocycles. The Bertz CT molecular complexity index is 1130. The number of nitrogens with zero attached hydrogens (tertiary/aromatic N) is 2. The zero-order chi connectivity index (χ0) is 21.6. The topological polar surface area (TPSA) is 84.0 Å². The van der Waals surface area contributed by atoms with Gasteiger partial charge in [-0.25, -0.2) is 25.6 Å². The summed E-state index contributed by atoms with van der Waals surface area (Å²) < 4.78 is 86.5. The highest BCUT2D eigenvalue weighted by atomic mass is 32.2. The Hall–Kier alpha value is -1.92. The molecule has 11 heteroatoms. The summed E-state index contributed by atoms with van der Waals surface area (Å²) in [6.07, 6.45) is 0.293. The Morgan fingerprint density at radius 1 is 0.733 bits per heavy atom. The van der Waals surface area contributed by atoms with E-state index in [2.05, 4.69) is 0 Å². The van der Waals surface area contributed by atoms with Crippen molar-refractivity contribution in [2.45, 2.75) is 28.4 Å². The molecule has 0 amide bonds. The quantitative estimate of drug-likeness (QED) is 0.701. The third kappa shape index (κ3) is 3.65. The number of benzene rings is 2. The second kappa shape index (κ2) is 7.65. The summed E-state index contributed by atoms with van der Waals surface area (Å²) in [7, 11) is -7.77. The van der Waals surface area contributed by atoms with Gasteiger partial charge in [-0.2, -0.15) is 8.61 Å². The first kappa shape index (κ1) is 21.3. The fourth-order valence-electron chi connectivity index (χ4n) is 3.89. The van der Waals surface area contributed by atoms with E-state index in [1.807, 2.05) is 0 Å². The van der Waals surface area contributed by atoms with E-state index in [1.165, 1.54) is 32.9 Å². The monoisotopic (exact) mass is 458 g/mol. The van der Waals surface area contributed by atoms with Crippen molar-refractivity contribution in [1.29, 1.82) is 0 Å². The predicted octanol–water partition coefficient (Wildman–Crippen LogP) is 2.17. The summed E-state index contributed by atoms with van der Waals surface area (Å²) in [6.45, 7) is 0.417. The van der Waals surface area contributed by atoms with E-state index in [-0.39, 0.29) is 48.9 Å². The van der Waals surface area contributed by atoms with Crippen molar-refractivity contribution in [3.05, 3.63) is 60.2 Å². The molecule has 1 spiro atoms. The molecule has 162 valence electrons. The van der Waals surface area contributed by atoms with Gasteiger partial charge in [0.25, 0.3) is 0 Å². The number of hydrogen-bond donors (Lipinski definition) is 0. The average molecular weight is 459 g/mol. The van der Waals surface area contributed by atoms with Crippen molar-refractivity contribution >= 4 is 20.0 Å². The Labute approximate surface area is 174 Å². The van der Waals surface area contributed by atoms with E-state index in [0.717, 1.165) is 24.3 Å². The lowest BCUT2D eigenvalue weighted by Crippen LogP contribution is -2.55. The predicted molar refractivity (Wildman–Crippen MR) is 103 cm³/mol. The van der Waals surface area contributed by atoms with Crippen LogP contribution in [0.15, 0.2) is 58.3 Å². The van der Waals surface area contributed by atoms with Crippen LogP contribution >= 0.6 is 0 Å². The maximum Gasteiger partial charge on any atom is 0.245 e. The molecule has 4 rings (SSSR count). The molecule has 0 unspecified atom stereocenters. The fourth-order valence-corrected chi connectivity index (χ4v) is 7.06. The second-order valence-electron chi connectivity index (χ2n) is 7.18. The number of piperidine rings is 1. The van der Waals surface area contributed by atoms with Gasteiger partial charge in [-0.05, 0) is 48.5 Å². The molecule has 7 nitrogen and oxygen atoms in total. The molecule has 2 aliphatic rings. The maximum absolute atomic E-state index is 13.2. The molecule has 0 aromatic heterocycles. The first-order chi connectivity index (χ1) is 14.1. The standard InChI is InChI=1S/C19H20F2N2O5S2/c20-15-1-5-17(6-2-15)29(24,25)22-11-9-19(10-12-22)23(13-14-28-19)30(26,27)18-7-3-16(21)4-8-18/h1-8H,9-14H2. The van der Waals surface area contributed by atoms with Crippen LogP contribution in [0.25, 0.3) is 0 Å². The highest BCUT2D eigenvalue weighted by molar-refractivity contribution is 7.89. The van der Waals surface area contributed by atoms with Crippen molar-refractivity contribution in [2.75, 3.05) is 26.2 Å². The van der Waals surface area contributed by atoms with Gasteiger partial charge in [0.2, 0.25) is 20.0 Å². The van der Waals surface area contributed by atoms with Gasteiger partial charge < -0.3 is 4.74 Å². The van der Waals surface area contributed by atoms with Crippen LogP contribution in [0.2, 0.25) is 0 Å². The van der Waals surface area contributed by atoms with Crippen LogP contribution in [0.4, 0.5) is 8.78 Å². The summed E-state index contributed by atoms with van der Waals surface area (Å²) in [4.78, 5) is -0.0712. The van der Waals surface area contributed by atoms with E-state index < -0.39 is 37.4 Å². The van der Waals surface area contributed by atoms with Gasteiger partial charge in [-0.15, -0.1) is 0 Å². The van der Waals surface area contributed by atoms with E-state index in [4.69, 9.17) is 4.74 Å². The van der Waals surface area contributed by atoms with E-state index in [1.54, 1.807) is 0 Å². The third-order valence-electron chi connectivity index (χ3n) is 5.48. The summed E-state index contributed by atoms with van der Waals surface area (Å²) in [6, 6.07) is 9.11. The lowest BCUT2D eigenvalue weighted by atomic mass is 10.0. The number of halogens is 2. The number of sulfonamides is 2. The minimum absolute atomic E-state index is 0.0250. The van der Waals surface area contributed by atoms with Crippen molar-refractivity contribution in [2.24, 2.45) is 0 Å². The van der Waals surface area contributed by atoms with Gasteiger partial charge in [0.15, 0.2) is 0 Å². The van der Waals surface area contributed by atoms with Crippen molar-refractivity contribution in [1.82, 2.24) is 8.61 Å². The minimum Gasteiger partial charge on any atom is -0.358 e. The van der Waals surface area contributed by atoms with Gasteiger partial charge in [0, 0.05) is 32.5 Å². The number of rotatable bonds is 4. The van der Waals surface area contributed by atoms with Gasteiger partial charge in [-0.1, -0.05) is 0 Å². The zero-order valence-corrected chi connectivity index (χ0v) is 17.5. The molecule has 2 aliphatic heterocycles. The molecule has 0 saturated carbocycles.